The van der Waals surface area contributed by atoms with E-state index >= 15 is 0 Å². The summed E-state index contributed by atoms with van der Waals surface area (Å²) in [5, 5.41) is 17.9. The van der Waals surface area contributed by atoms with Crippen LogP contribution >= 0.6 is 11.6 Å². The molecule has 1 aliphatic carbocycles. The second kappa shape index (κ2) is 7.13. The van der Waals surface area contributed by atoms with Gasteiger partial charge in [-0.2, -0.15) is 0 Å². The zero-order valence-corrected chi connectivity index (χ0v) is 18.1. The zero-order chi connectivity index (χ0) is 22.6. The molecule has 1 amide bonds. The summed E-state index contributed by atoms with van der Waals surface area (Å²) in [6.07, 6.45) is 0.283. The summed E-state index contributed by atoms with van der Waals surface area (Å²) < 4.78 is 5.53. The van der Waals surface area contributed by atoms with E-state index in [1.807, 2.05) is 12.1 Å². The number of carbonyl (C=O) groups is 2. The average Bonchev–Trinajstić information content (AvgIpc) is 3.05. The lowest BCUT2D eigenvalue weighted by atomic mass is 10.0. The number of amides is 1. The standard InChI is InChI=1S/C21H23ClN4O5/c1-19(2,3)31-18(28)20-11-25-17(26(29)30)21(20,22)14(20)10-24-16(27)13-8-4-6-12-7-5-9-23-15(12)13/h4-9,14,17,25H,10-11H2,1-3H3,(H,24,27). The van der Waals surface area contributed by atoms with Crippen LogP contribution in [0.4, 0.5) is 0 Å². The molecular formula is C21H23ClN4O5. The first-order valence-corrected chi connectivity index (χ1v) is 10.3. The number of hydrogen-bond donors (Lipinski definition) is 2. The third kappa shape index (κ3) is 3.23. The van der Waals surface area contributed by atoms with Gasteiger partial charge in [0.15, 0.2) is 0 Å². The highest BCUT2D eigenvalue weighted by atomic mass is 35.5. The molecule has 2 N–H and O–H groups in total. The van der Waals surface area contributed by atoms with Crippen LogP contribution in [0.15, 0.2) is 36.5 Å². The maximum atomic E-state index is 13.0. The van der Waals surface area contributed by atoms with E-state index in [2.05, 4.69) is 15.6 Å². The van der Waals surface area contributed by atoms with Gasteiger partial charge in [0.1, 0.15) is 15.9 Å². The lowest BCUT2D eigenvalue weighted by Crippen LogP contribution is -2.43. The number of aromatic nitrogens is 1. The number of nitrogens with one attached hydrogen (secondary N) is 2. The largest absolute Gasteiger partial charge is 0.459 e. The van der Waals surface area contributed by atoms with E-state index in [9.17, 15) is 19.7 Å². The normalized spacial score (nSPS) is 29.3. The van der Waals surface area contributed by atoms with Crippen molar-refractivity contribution in [2.75, 3.05) is 13.1 Å². The molecule has 4 unspecified atom stereocenters. The SMILES string of the molecule is CC(C)(C)OC(=O)C12CNC([N+](=O)[O-])C1(Cl)C2CNC(=O)c1cccc2cccnc12. The highest BCUT2D eigenvalue weighted by Crippen LogP contribution is 2.71. The van der Waals surface area contributed by atoms with Crippen LogP contribution in [0, 0.1) is 21.4 Å². The van der Waals surface area contributed by atoms with Crippen molar-refractivity contribution in [3.05, 3.63) is 52.2 Å². The van der Waals surface area contributed by atoms with Crippen molar-refractivity contribution < 1.29 is 19.2 Å². The van der Waals surface area contributed by atoms with Gasteiger partial charge in [-0.15, -0.1) is 11.6 Å². The van der Waals surface area contributed by atoms with Crippen molar-refractivity contribution >= 4 is 34.4 Å². The van der Waals surface area contributed by atoms with Gasteiger partial charge in [-0.1, -0.05) is 18.2 Å². The van der Waals surface area contributed by atoms with Crippen molar-refractivity contribution in [1.82, 2.24) is 15.6 Å². The summed E-state index contributed by atoms with van der Waals surface area (Å²) in [5.41, 5.74) is -1.14. The van der Waals surface area contributed by atoms with Crippen LogP contribution in [0.3, 0.4) is 0 Å². The second-order valence-electron chi connectivity index (χ2n) is 8.95. The molecule has 9 nitrogen and oxygen atoms in total. The van der Waals surface area contributed by atoms with Gasteiger partial charge in [0, 0.05) is 35.5 Å². The second-order valence-corrected chi connectivity index (χ2v) is 9.58. The first kappa shape index (κ1) is 21.5. The number of nitro groups is 1. The molecule has 2 heterocycles. The molecule has 31 heavy (non-hydrogen) atoms. The number of carbonyl (C=O) groups excluding carboxylic acids is 2. The van der Waals surface area contributed by atoms with Gasteiger partial charge >= 0.3 is 5.97 Å². The number of rotatable bonds is 5. The predicted molar refractivity (Wildman–Crippen MR) is 113 cm³/mol. The number of halogens is 1. The Morgan fingerprint density at radius 3 is 2.74 bits per heavy atom. The fraction of sp³-hybridized carbons (Fsp3) is 0.476. The van der Waals surface area contributed by atoms with Gasteiger partial charge < -0.3 is 10.1 Å². The van der Waals surface area contributed by atoms with Crippen molar-refractivity contribution in [2.24, 2.45) is 11.3 Å². The molecule has 2 aliphatic rings. The maximum absolute atomic E-state index is 13.0. The third-order valence-electron chi connectivity index (χ3n) is 5.99. The van der Waals surface area contributed by atoms with Gasteiger partial charge in [-0.3, -0.25) is 30.0 Å². The van der Waals surface area contributed by atoms with E-state index in [-0.39, 0.29) is 19.0 Å². The van der Waals surface area contributed by atoms with Crippen molar-refractivity contribution in [1.29, 1.82) is 0 Å². The van der Waals surface area contributed by atoms with Gasteiger partial charge in [0.25, 0.3) is 12.1 Å². The highest BCUT2D eigenvalue weighted by molar-refractivity contribution is 6.31. The molecule has 10 heteroatoms. The van der Waals surface area contributed by atoms with E-state index in [4.69, 9.17) is 16.3 Å². The maximum Gasteiger partial charge on any atom is 0.316 e. The van der Waals surface area contributed by atoms with Crippen LogP contribution in [-0.4, -0.2) is 51.5 Å². The summed E-state index contributed by atoms with van der Waals surface area (Å²) in [7, 11) is 0. The van der Waals surface area contributed by atoms with Crippen LogP contribution in [0.25, 0.3) is 10.9 Å². The Hall–Kier alpha value is -2.78. The average molecular weight is 447 g/mol. The number of nitrogens with zero attached hydrogens (tertiary/aromatic N) is 2. The number of piperidine rings is 1. The Kier molecular flexibility index (Phi) is 4.94. The molecule has 0 bridgehead atoms. The Bertz CT molecular complexity index is 1080. The molecule has 2 aromatic rings. The number of fused-ring (bicyclic) bond motifs is 2. The summed E-state index contributed by atoms with van der Waals surface area (Å²) in [5.74, 6) is -1.64. The quantitative estimate of drug-likeness (QED) is 0.312. The Morgan fingerprint density at radius 1 is 1.35 bits per heavy atom. The third-order valence-corrected chi connectivity index (χ3v) is 6.80. The summed E-state index contributed by atoms with van der Waals surface area (Å²) in [6.45, 7) is 5.16. The Labute approximate surface area is 183 Å². The summed E-state index contributed by atoms with van der Waals surface area (Å²) in [6, 6.07) is 8.89. The Morgan fingerprint density at radius 2 is 2.06 bits per heavy atom. The lowest BCUT2D eigenvalue weighted by Gasteiger charge is -2.23. The number of benzene rings is 1. The number of para-hydroxylation sites is 1. The van der Waals surface area contributed by atoms with Crippen LogP contribution < -0.4 is 10.6 Å². The van der Waals surface area contributed by atoms with Crippen LogP contribution in [-0.2, 0) is 9.53 Å². The topological polar surface area (TPSA) is 123 Å². The minimum atomic E-state index is -1.48. The van der Waals surface area contributed by atoms with Crippen molar-refractivity contribution in [3.8, 4) is 0 Å². The van der Waals surface area contributed by atoms with E-state index < -0.39 is 38.9 Å². The molecule has 1 aromatic heterocycles. The Balaban J connectivity index is 1.57. The van der Waals surface area contributed by atoms with E-state index in [0.717, 1.165) is 5.39 Å². The van der Waals surface area contributed by atoms with Gasteiger partial charge in [-0.25, -0.2) is 0 Å². The van der Waals surface area contributed by atoms with Gasteiger partial charge in [0.2, 0.25) is 0 Å². The molecule has 1 saturated heterocycles. The van der Waals surface area contributed by atoms with Gasteiger partial charge in [-0.05, 0) is 32.9 Å². The van der Waals surface area contributed by atoms with E-state index in [0.29, 0.717) is 11.1 Å². The molecule has 1 aliphatic heterocycles. The summed E-state index contributed by atoms with van der Waals surface area (Å²) >= 11 is 6.71. The van der Waals surface area contributed by atoms with E-state index in [1.54, 1.807) is 45.2 Å². The number of esters is 1. The first-order chi connectivity index (χ1) is 14.5. The number of pyridine rings is 1. The van der Waals surface area contributed by atoms with Crippen LogP contribution in [0.2, 0.25) is 0 Å². The minimum absolute atomic E-state index is 0.00316. The number of alkyl halides is 1. The first-order valence-electron chi connectivity index (χ1n) is 9.93. The molecule has 2 fully saturated rings. The fourth-order valence-electron chi connectivity index (χ4n) is 4.57. The summed E-state index contributed by atoms with van der Waals surface area (Å²) in [4.78, 5) is 39.7. The zero-order valence-electron chi connectivity index (χ0n) is 17.3. The van der Waals surface area contributed by atoms with Crippen LogP contribution in [0.1, 0.15) is 31.1 Å². The molecule has 0 radical (unpaired) electrons. The molecular weight excluding hydrogens is 424 g/mol. The predicted octanol–water partition coefficient (Wildman–Crippen LogP) is 2.11. The van der Waals surface area contributed by atoms with Crippen molar-refractivity contribution in [2.45, 2.75) is 37.4 Å². The highest BCUT2D eigenvalue weighted by Gasteiger charge is 2.90. The number of ether oxygens (including phenoxy) is 1. The molecule has 164 valence electrons. The molecule has 0 spiro atoms. The number of hydrogen-bond acceptors (Lipinski definition) is 7. The molecule has 1 aromatic carbocycles. The molecule has 4 atom stereocenters. The molecule has 4 rings (SSSR count). The monoisotopic (exact) mass is 446 g/mol. The minimum Gasteiger partial charge on any atom is -0.459 e. The lowest BCUT2D eigenvalue weighted by molar-refractivity contribution is -0.529. The van der Waals surface area contributed by atoms with Crippen molar-refractivity contribution in [3.63, 3.8) is 0 Å². The van der Waals surface area contributed by atoms with E-state index in [1.165, 1.54) is 0 Å². The fourth-order valence-corrected chi connectivity index (χ4v) is 5.21. The smallest absolute Gasteiger partial charge is 0.316 e. The molecule has 1 saturated carbocycles. The van der Waals surface area contributed by atoms with Crippen LogP contribution in [0.5, 0.6) is 0 Å². The van der Waals surface area contributed by atoms with Gasteiger partial charge in [0.05, 0.1) is 11.1 Å².